The first-order valence-electron chi connectivity index (χ1n) is 6.59. The lowest BCUT2D eigenvalue weighted by Crippen LogP contribution is -2.31. The maximum absolute atomic E-state index is 14.2. The molecule has 0 saturated heterocycles. The molecule has 2 heterocycles. The molecule has 1 unspecified atom stereocenters. The Morgan fingerprint density at radius 1 is 1.17 bits per heavy atom. The van der Waals surface area contributed by atoms with Crippen LogP contribution in [-0.4, -0.2) is 17.7 Å². The molecule has 0 bridgehead atoms. The van der Waals surface area contributed by atoms with E-state index in [4.69, 9.17) is 15.2 Å². The van der Waals surface area contributed by atoms with Crippen molar-refractivity contribution in [1.29, 1.82) is 0 Å². The van der Waals surface area contributed by atoms with E-state index >= 15 is 0 Å². The molecule has 0 aromatic heterocycles. The fraction of sp³-hybridized carbons (Fsp3) is 0.133. The van der Waals surface area contributed by atoms with Crippen LogP contribution in [0.2, 0.25) is 0 Å². The summed E-state index contributed by atoms with van der Waals surface area (Å²) in [5.41, 5.74) is 5.16. The summed E-state index contributed by atoms with van der Waals surface area (Å²) in [6.07, 6.45) is 0. The van der Waals surface area contributed by atoms with E-state index in [-0.39, 0.29) is 39.9 Å². The van der Waals surface area contributed by atoms with E-state index in [1.807, 2.05) is 0 Å². The fourth-order valence-corrected chi connectivity index (χ4v) is 3.23. The number of halogens is 3. The number of nitrogens with zero attached hydrogens (tertiary/aromatic N) is 1. The van der Waals surface area contributed by atoms with E-state index < -0.39 is 17.2 Å². The predicted octanol–water partition coefficient (Wildman–Crippen LogP) is 3.13. The number of phenolic OH excluding ortho intramolecular Hbond substituents is 1. The number of fused-ring (bicyclic) bond motifs is 4. The predicted molar refractivity (Wildman–Crippen MR) is 80.6 cm³/mol. The number of hydrogen-bond donors (Lipinski definition) is 2. The van der Waals surface area contributed by atoms with Crippen molar-refractivity contribution in [2.75, 3.05) is 6.61 Å². The molecule has 1 spiro atoms. The van der Waals surface area contributed by atoms with Crippen molar-refractivity contribution in [3.8, 4) is 17.2 Å². The van der Waals surface area contributed by atoms with E-state index in [1.165, 1.54) is 12.1 Å². The fourth-order valence-electron chi connectivity index (χ4n) is 2.89. The number of amidine groups is 1. The molecule has 0 saturated carbocycles. The summed E-state index contributed by atoms with van der Waals surface area (Å²) >= 11 is 3.11. The van der Waals surface area contributed by atoms with Gasteiger partial charge in [-0.1, -0.05) is 0 Å². The normalized spacial score (nSPS) is 21.3. The minimum Gasteiger partial charge on any atom is -0.508 e. The summed E-state index contributed by atoms with van der Waals surface area (Å²) in [5.74, 6) is -1.65. The van der Waals surface area contributed by atoms with Crippen LogP contribution in [0.3, 0.4) is 0 Å². The Labute approximate surface area is 137 Å². The average Bonchev–Trinajstić information content (AvgIpc) is 2.86. The van der Waals surface area contributed by atoms with Crippen LogP contribution >= 0.6 is 15.9 Å². The van der Waals surface area contributed by atoms with Gasteiger partial charge in [-0.25, -0.2) is 13.8 Å². The molecule has 0 fully saturated rings. The highest BCUT2D eigenvalue weighted by Gasteiger charge is 2.48. The SMILES string of the molecule is NC1=NC2(CO1)c1cc(Br)c(F)cc1Oc1c(F)cc(O)cc12. The van der Waals surface area contributed by atoms with Crippen molar-refractivity contribution in [3.05, 3.63) is 51.5 Å². The Bertz CT molecular complexity index is 888. The zero-order valence-electron chi connectivity index (χ0n) is 11.4. The third-order valence-corrected chi connectivity index (χ3v) is 4.49. The first kappa shape index (κ1) is 14.3. The Hall–Kier alpha value is -2.35. The van der Waals surface area contributed by atoms with Crippen LogP contribution in [0.15, 0.2) is 33.7 Å². The number of aromatic hydroxyl groups is 1. The van der Waals surface area contributed by atoms with E-state index in [1.54, 1.807) is 0 Å². The highest BCUT2D eigenvalue weighted by molar-refractivity contribution is 9.10. The molecule has 8 heteroatoms. The number of ether oxygens (including phenoxy) is 2. The molecular weight excluding hydrogens is 374 g/mol. The first-order valence-corrected chi connectivity index (χ1v) is 7.38. The molecule has 5 nitrogen and oxygen atoms in total. The number of rotatable bonds is 0. The van der Waals surface area contributed by atoms with Crippen LogP contribution in [0.4, 0.5) is 8.78 Å². The van der Waals surface area contributed by atoms with Crippen molar-refractivity contribution in [2.45, 2.75) is 5.54 Å². The van der Waals surface area contributed by atoms with Crippen LogP contribution in [0.1, 0.15) is 11.1 Å². The second-order valence-corrected chi connectivity index (χ2v) is 6.12. The minimum atomic E-state index is -1.21. The van der Waals surface area contributed by atoms with Crippen molar-refractivity contribution in [3.63, 3.8) is 0 Å². The average molecular weight is 383 g/mol. The highest BCUT2D eigenvalue weighted by atomic mass is 79.9. The molecule has 2 aliphatic rings. The van der Waals surface area contributed by atoms with Gasteiger partial charge in [-0.2, -0.15) is 0 Å². The van der Waals surface area contributed by atoms with Gasteiger partial charge in [0, 0.05) is 23.3 Å². The standard InChI is InChI=1S/C15H9BrF2N2O3/c16-9-3-7-12(4-10(9)17)23-13-8(1-6(21)2-11(13)18)15(7)5-22-14(19)20-15/h1-4,21H,5H2,(H2,19,20). The summed E-state index contributed by atoms with van der Waals surface area (Å²) in [6.45, 7) is -0.0108. The van der Waals surface area contributed by atoms with Gasteiger partial charge < -0.3 is 20.3 Å². The molecule has 0 radical (unpaired) electrons. The quantitative estimate of drug-likeness (QED) is 0.733. The summed E-state index contributed by atoms with van der Waals surface area (Å²) in [7, 11) is 0. The molecule has 1 atom stereocenters. The lowest BCUT2D eigenvalue weighted by molar-refractivity contribution is 0.260. The Morgan fingerprint density at radius 3 is 2.65 bits per heavy atom. The molecule has 2 aliphatic heterocycles. The minimum absolute atomic E-state index is 0.0108. The molecule has 118 valence electrons. The largest absolute Gasteiger partial charge is 0.508 e. The van der Waals surface area contributed by atoms with Crippen molar-refractivity contribution in [1.82, 2.24) is 0 Å². The molecule has 4 rings (SSSR count). The second-order valence-electron chi connectivity index (χ2n) is 5.27. The van der Waals surface area contributed by atoms with Gasteiger partial charge in [0.05, 0.1) is 4.47 Å². The van der Waals surface area contributed by atoms with Crippen molar-refractivity contribution >= 4 is 22.0 Å². The van der Waals surface area contributed by atoms with Gasteiger partial charge in [-0.15, -0.1) is 0 Å². The highest BCUT2D eigenvalue weighted by Crippen LogP contribution is 2.53. The number of aliphatic imine (C=N–C) groups is 1. The second kappa shape index (κ2) is 4.58. The monoisotopic (exact) mass is 382 g/mol. The van der Waals surface area contributed by atoms with Gasteiger partial charge in [-0.05, 0) is 28.1 Å². The Balaban J connectivity index is 2.08. The third-order valence-electron chi connectivity index (χ3n) is 3.88. The Kier molecular flexibility index (Phi) is 2.84. The zero-order valence-corrected chi connectivity index (χ0v) is 13.0. The molecular formula is C15H9BrF2N2O3. The van der Waals surface area contributed by atoms with Crippen LogP contribution < -0.4 is 10.5 Å². The van der Waals surface area contributed by atoms with E-state index in [0.717, 1.165) is 12.1 Å². The van der Waals surface area contributed by atoms with Gasteiger partial charge in [-0.3, -0.25) is 0 Å². The maximum Gasteiger partial charge on any atom is 0.283 e. The lowest BCUT2D eigenvalue weighted by atomic mass is 9.81. The van der Waals surface area contributed by atoms with Crippen LogP contribution in [0.25, 0.3) is 0 Å². The molecule has 0 aliphatic carbocycles. The molecule has 0 amide bonds. The smallest absolute Gasteiger partial charge is 0.283 e. The van der Waals surface area contributed by atoms with Gasteiger partial charge >= 0.3 is 0 Å². The van der Waals surface area contributed by atoms with E-state index in [2.05, 4.69) is 20.9 Å². The molecule has 2 aromatic carbocycles. The van der Waals surface area contributed by atoms with Gasteiger partial charge in [0.25, 0.3) is 6.02 Å². The number of benzene rings is 2. The van der Waals surface area contributed by atoms with E-state index in [9.17, 15) is 13.9 Å². The third kappa shape index (κ3) is 1.91. The topological polar surface area (TPSA) is 77.1 Å². The van der Waals surface area contributed by atoms with Gasteiger partial charge in [0.15, 0.2) is 17.1 Å². The van der Waals surface area contributed by atoms with E-state index in [0.29, 0.717) is 5.56 Å². The molecule has 23 heavy (non-hydrogen) atoms. The summed E-state index contributed by atoms with van der Waals surface area (Å²) in [4.78, 5) is 4.29. The summed E-state index contributed by atoms with van der Waals surface area (Å²) in [5, 5.41) is 9.74. The molecule has 2 aromatic rings. The Morgan fingerprint density at radius 2 is 1.96 bits per heavy atom. The van der Waals surface area contributed by atoms with Gasteiger partial charge in [0.1, 0.15) is 23.9 Å². The number of hydrogen-bond acceptors (Lipinski definition) is 5. The van der Waals surface area contributed by atoms with Crippen LogP contribution in [0, 0.1) is 11.6 Å². The maximum atomic E-state index is 14.2. The summed E-state index contributed by atoms with van der Waals surface area (Å²) in [6, 6.07) is 4.80. The lowest BCUT2D eigenvalue weighted by Gasteiger charge is -2.33. The van der Waals surface area contributed by atoms with Crippen LogP contribution in [0.5, 0.6) is 17.2 Å². The molecule has 3 N–H and O–H groups in total. The van der Waals surface area contributed by atoms with Crippen LogP contribution in [-0.2, 0) is 10.3 Å². The van der Waals surface area contributed by atoms with Crippen molar-refractivity contribution < 1.29 is 23.4 Å². The number of phenols is 1. The zero-order chi connectivity index (χ0) is 16.4. The summed E-state index contributed by atoms with van der Waals surface area (Å²) < 4.78 is 39.1. The van der Waals surface area contributed by atoms with Crippen molar-refractivity contribution in [2.24, 2.45) is 10.7 Å². The number of nitrogens with two attached hydrogens (primary N) is 1. The first-order chi connectivity index (χ1) is 10.9. The van der Waals surface area contributed by atoms with Gasteiger partial charge in [0.2, 0.25) is 0 Å².